The van der Waals surface area contributed by atoms with Crippen molar-refractivity contribution in [3.05, 3.63) is 58.1 Å². The lowest BCUT2D eigenvalue weighted by molar-refractivity contribution is -0.384. The quantitative estimate of drug-likeness (QED) is 0.152. The Labute approximate surface area is 214 Å². The fourth-order valence-electron chi connectivity index (χ4n) is 2.82. The first-order valence-electron chi connectivity index (χ1n) is 10.4. The fraction of sp³-hybridized carbons (Fsp3) is 0.238. The minimum absolute atomic E-state index is 0.110. The number of nitrogens with one attached hydrogen (secondary N) is 2. The van der Waals surface area contributed by atoms with Gasteiger partial charge in [-0.25, -0.2) is 5.43 Å². The average Bonchev–Trinajstić information content (AvgIpc) is 2.86. The molecule has 12 nitrogen and oxygen atoms in total. The van der Waals surface area contributed by atoms with Crippen LogP contribution in [0.25, 0.3) is 0 Å². The van der Waals surface area contributed by atoms with Gasteiger partial charge in [-0.15, -0.1) is 0 Å². The number of hydrazone groups is 1. The molecule has 0 aliphatic rings. The Hall–Kier alpha value is -4.90. The summed E-state index contributed by atoms with van der Waals surface area (Å²) in [6, 6.07) is 7.94. The smallest absolute Gasteiger partial charge is 0.434 e. The second kappa shape index (κ2) is 11.7. The van der Waals surface area contributed by atoms with E-state index in [1.165, 1.54) is 38.6 Å². The van der Waals surface area contributed by atoms with Gasteiger partial charge in [0.25, 0.3) is 17.7 Å². The van der Waals surface area contributed by atoms with Crippen LogP contribution < -0.4 is 25.0 Å². The standard InChI is InChI=1S/C21H17F6N7O5/c1-37-14-8-3-11(15(9-14)38-2)10-28-33-18-30-17(29-12-4-6-13(7-5-12)34(35)36)31-19(32-18)39-16(20(22,23)24)21(25,26)27/h3-10,16H,1-2H3,(H2,29,30,31,32,33)/b28-10-. The highest BCUT2D eigenvalue weighted by atomic mass is 19.4. The molecule has 0 amide bonds. The predicted octanol–water partition coefficient (Wildman–Crippen LogP) is 4.86. The molecule has 208 valence electrons. The van der Waals surface area contributed by atoms with E-state index in [1.807, 2.05) is 0 Å². The van der Waals surface area contributed by atoms with Crippen LogP contribution in [0.4, 0.5) is 49.6 Å². The molecule has 0 saturated heterocycles. The SMILES string of the molecule is COc1ccc(/C=N\Nc2nc(Nc3ccc([N+](=O)[O-])cc3)nc(OC(C(F)(F)F)C(F)(F)F)n2)c(OC)c1. The van der Waals surface area contributed by atoms with Crippen molar-refractivity contribution in [2.24, 2.45) is 5.10 Å². The van der Waals surface area contributed by atoms with Crippen molar-refractivity contribution >= 4 is 29.5 Å². The lowest BCUT2D eigenvalue weighted by atomic mass is 10.2. The van der Waals surface area contributed by atoms with Crippen LogP contribution in [0.5, 0.6) is 17.5 Å². The number of anilines is 3. The Balaban J connectivity index is 1.93. The molecule has 0 aliphatic carbocycles. The molecule has 2 aromatic carbocycles. The molecule has 3 rings (SSSR count). The first-order chi connectivity index (χ1) is 18.3. The number of halogens is 6. The molecular formula is C21H17F6N7O5. The number of alkyl halides is 6. The van der Waals surface area contributed by atoms with Gasteiger partial charge in [0.05, 0.1) is 25.4 Å². The van der Waals surface area contributed by atoms with Crippen LogP contribution in [0.2, 0.25) is 0 Å². The third kappa shape index (κ3) is 7.79. The van der Waals surface area contributed by atoms with Crippen LogP contribution in [0.3, 0.4) is 0 Å². The van der Waals surface area contributed by atoms with Gasteiger partial charge >= 0.3 is 18.4 Å². The van der Waals surface area contributed by atoms with E-state index in [0.29, 0.717) is 17.1 Å². The minimum Gasteiger partial charge on any atom is -0.497 e. The van der Waals surface area contributed by atoms with Crippen LogP contribution in [0.15, 0.2) is 47.6 Å². The molecule has 0 unspecified atom stereocenters. The monoisotopic (exact) mass is 561 g/mol. The van der Waals surface area contributed by atoms with Gasteiger partial charge in [0.2, 0.25) is 5.95 Å². The zero-order valence-electron chi connectivity index (χ0n) is 19.7. The second-order valence-electron chi connectivity index (χ2n) is 7.25. The molecule has 18 heteroatoms. The Morgan fingerprint density at radius 1 is 0.949 bits per heavy atom. The fourth-order valence-corrected chi connectivity index (χ4v) is 2.82. The number of aromatic nitrogens is 3. The van der Waals surface area contributed by atoms with E-state index >= 15 is 0 Å². The Morgan fingerprint density at radius 2 is 1.59 bits per heavy atom. The molecule has 3 aromatic rings. The summed E-state index contributed by atoms with van der Waals surface area (Å²) in [7, 11) is 2.82. The number of hydrogen-bond acceptors (Lipinski definition) is 11. The van der Waals surface area contributed by atoms with E-state index in [1.54, 1.807) is 12.1 Å². The highest BCUT2D eigenvalue weighted by Gasteiger charge is 2.59. The molecule has 1 heterocycles. The maximum absolute atomic E-state index is 13.0. The molecule has 0 bridgehead atoms. The number of non-ortho nitro benzene ring substituents is 1. The number of ether oxygens (including phenoxy) is 3. The van der Waals surface area contributed by atoms with Crippen LogP contribution in [-0.2, 0) is 0 Å². The first-order valence-corrected chi connectivity index (χ1v) is 10.4. The van der Waals surface area contributed by atoms with Crippen molar-refractivity contribution in [1.82, 2.24) is 15.0 Å². The number of nitro groups is 1. The van der Waals surface area contributed by atoms with E-state index in [0.717, 1.165) is 12.1 Å². The van der Waals surface area contributed by atoms with Gasteiger partial charge in [0.15, 0.2) is 0 Å². The highest BCUT2D eigenvalue weighted by molar-refractivity contribution is 5.84. The van der Waals surface area contributed by atoms with Crippen molar-refractivity contribution in [3.8, 4) is 17.5 Å². The summed E-state index contributed by atoms with van der Waals surface area (Å²) in [6.07, 6.45) is -14.7. The van der Waals surface area contributed by atoms with E-state index in [9.17, 15) is 36.5 Å². The van der Waals surface area contributed by atoms with Crippen molar-refractivity contribution in [1.29, 1.82) is 0 Å². The largest absolute Gasteiger partial charge is 0.497 e. The van der Waals surface area contributed by atoms with Crippen LogP contribution >= 0.6 is 0 Å². The molecule has 0 fully saturated rings. The summed E-state index contributed by atoms with van der Waals surface area (Å²) in [5.74, 6) is -0.353. The Bertz CT molecular complexity index is 1320. The van der Waals surface area contributed by atoms with Gasteiger partial charge in [0.1, 0.15) is 11.5 Å². The molecule has 0 atom stereocenters. The average molecular weight is 561 g/mol. The van der Waals surface area contributed by atoms with E-state index in [4.69, 9.17) is 9.47 Å². The third-order valence-corrected chi connectivity index (χ3v) is 4.58. The maximum Gasteiger partial charge on any atom is 0.434 e. The van der Waals surface area contributed by atoms with E-state index < -0.39 is 41.3 Å². The Kier molecular flexibility index (Phi) is 8.57. The second-order valence-corrected chi connectivity index (χ2v) is 7.25. The van der Waals surface area contributed by atoms with Gasteiger partial charge in [0, 0.05) is 29.4 Å². The number of nitro benzene ring substituents is 1. The van der Waals surface area contributed by atoms with Gasteiger partial charge in [-0.1, -0.05) is 0 Å². The molecular weight excluding hydrogens is 544 g/mol. The van der Waals surface area contributed by atoms with Gasteiger partial charge in [-0.3, -0.25) is 10.1 Å². The number of hydrogen-bond donors (Lipinski definition) is 2. The summed E-state index contributed by atoms with van der Waals surface area (Å²) in [6.45, 7) is 0. The van der Waals surface area contributed by atoms with Crippen molar-refractivity contribution in [2.45, 2.75) is 18.5 Å². The lowest BCUT2D eigenvalue weighted by Crippen LogP contribution is -2.46. The number of nitrogens with zero attached hydrogens (tertiary/aromatic N) is 5. The first kappa shape index (κ1) is 28.7. The maximum atomic E-state index is 13.0. The van der Waals surface area contributed by atoms with E-state index in [2.05, 4.69) is 35.5 Å². The van der Waals surface area contributed by atoms with Gasteiger partial charge in [-0.05, 0) is 24.3 Å². The van der Waals surface area contributed by atoms with Crippen LogP contribution in [0.1, 0.15) is 5.56 Å². The molecule has 1 aromatic heterocycles. The normalized spacial score (nSPS) is 11.9. The predicted molar refractivity (Wildman–Crippen MR) is 123 cm³/mol. The third-order valence-electron chi connectivity index (χ3n) is 4.58. The number of methoxy groups -OCH3 is 2. The molecule has 39 heavy (non-hydrogen) atoms. The minimum atomic E-state index is -5.84. The Morgan fingerprint density at radius 3 is 2.15 bits per heavy atom. The highest BCUT2D eigenvalue weighted by Crippen LogP contribution is 2.36. The summed E-state index contributed by atoms with van der Waals surface area (Å²) in [4.78, 5) is 20.9. The molecule has 0 aliphatic heterocycles. The number of benzene rings is 2. The zero-order chi connectivity index (χ0) is 28.8. The molecule has 0 spiro atoms. The summed E-state index contributed by atoms with van der Waals surface area (Å²) in [5, 5.41) is 17.1. The summed E-state index contributed by atoms with van der Waals surface area (Å²) >= 11 is 0. The lowest BCUT2D eigenvalue weighted by Gasteiger charge is -2.22. The topological polar surface area (TPSA) is 146 Å². The number of rotatable bonds is 10. The molecule has 2 N–H and O–H groups in total. The van der Waals surface area contributed by atoms with Crippen LogP contribution in [-0.4, -0.2) is 58.8 Å². The van der Waals surface area contributed by atoms with Gasteiger partial charge in [-0.2, -0.15) is 46.4 Å². The van der Waals surface area contributed by atoms with Crippen molar-refractivity contribution in [3.63, 3.8) is 0 Å². The molecule has 0 radical (unpaired) electrons. The van der Waals surface area contributed by atoms with Gasteiger partial charge < -0.3 is 19.5 Å². The van der Waals surface area contributed by atoms with Crippen LogP contribution in [0, 0.1) is 10.1 Å². The summed E-state index contributed by atoms with van der Waals surface area (Å²) in [5.41, 5.74) is 2.51. The van der Waals surface area contributed by atoms with E-state index in [-0.39, 0.29) is 11.4 Å². The molecule has 0 saturated carbocycles. The summed E-state index contributed by atoms with van der Waals surface area (Å²) < 4.78 is 92.5. The zero-order valence-corrected chi connectivity index (χ0v) is 19.7. The van der Waals surface area contributed by atoms with Crippen molar-refractivity contribution < 1.29 is 45.5 Å². The van der Waals surface area contributed by atoms with Crippen molar-refractivity contribution in [2.75, 3.05) is 25.0 Å².